The van der Waals surface area contributed by atoms with E-state index in [1.165, 1.54) is 0 Å². The molecule has 25 heavy (non-hydrogen) atoms. The van der Waals surface area contributed by atoms with E-state index in [9.17, 15) is 4.79 Å². The highest BCUT2D eigenvalue weighted by atomic mass is 16.5. The van der Waals surface area contributed by atoms with Gasteiger partial charge < -0.3 is 19.4 Å². The van der Waals surface area contributed by atoms with Gasteiger partial charge in [0.15, 0.2) is 0 Å². The number of aromatic nitrogens is 2. The summed E-state index contributed by atoms with van der Waals surface area (Å²) in [5.41, 5.74) is 2.65. The molecular weight excluding hydrogens is 320 g/mol. The fourth-order valence-electron chi connectivity index (χ4n) is 2.69. The monoisotopic (exact) mass is 344 g/mol. The first-order valence-corrected chi connectivity index (χ1v) is 8.58. The third-order valence-corrected chi connectivity index (χ3v) is 4.18. The van der Waals surface area contributed by atoms with Crippen LogP contribution in [0.2, 0.25) is 0 Å². The van der Waals surface area contributed by atoms with Gasteiger partial charge in [0, 0.05) is 30.3 Å². The van der Waals surface area contributed by atoms with Crippen LogP contribution in [0.1, 0.15) is 47.5 Å². The number of hydrogen-bond acceptors (Lipinski definition) is 6. The molecule has 2 heterocycles. The second kappa shape index (κ2) is 7.65. The molecule has 1 aromatic heterocycles. The fourth-order valence-corrected chi connectivity index (χ4v) is 2.69. The number of amides is 1. The van der Waals surface area contributed by atoms with Crippen LogP contribution in [0.5, 0.6) is 0 Å². The van der Waals surface area contributed by atoms with E-state index in [-0.39, 0.29) is 11.8 Å². The molecule has 0 aliphatic carbocycles. The Morgan fingerprint density at radius 1 is 1.28 bits per heavy atom. The van der Waals surface area contributed by atoms with Crippen LogP contribution < -0.4 is 5.32 Å². The molecular formula is C18H24N4O3. The minimum Gasteiger partial charge on any atom is -0.423 e. The Morgan fingerprint density at radius 3 is 2.68 bits per heavy atom. The SMILES string of the molecule is Cc1cc(C(=O)N2CCOCC2)ccc1NCc1nnc(C(C)C)o1. The summed E-state index contributed by atoms with van der Waals surface area (Å²) >= 11 is 0. The molecule has 1 aliphatic rings. The number of hydrogen-bond donors (Lipinski definition) is 1. The molecule has 1 amide bonds. The molecule has 0 spiro atoms. The Labute approximate surface area is 147 Å². The number of rotatable bonds is 5. The van der Waals surface area contributed by atoms with Gasteiger partial charge in [-0.15, -0.1) is 10.2 Å². The maximum atomic E-state index is 12.5. The van der Waals surface area contributed by atoms with E-state index in [2.05, 4.69) is 15.5 Å². The number of aryl methyl sites for hydroxylation is 1. The number of morpholine rings is 1. The Hall–Kier alpha value is -2.41. The van der Waals surface area contributed by atoms with Gasteiger partial charge in [-0.1, -0.05) is 13.8 Å². The Balaban J connectivity index is 1.63. The molecule has 0 radical (unpaired) electrons. The van der Waals surface area contributed by atoms with Crippen LogP contribution in [0, 0.1) is 6.92 Å². The summed E-state index contributed by atoms with van der Waals surface area (Å²) in [6, 6.07) is 5.68. The van der Waals surface area contributed by atoms with Gasteiger partial charge in [0.05, 0.1) is 19.8 Å². The minimum atomic E-state index is 0.0522. The molecule has 1 aromatic carbocycles. The number of nitrogens with zero attached hydrogens (tertiary/aromatic N) is 3. The first-order valence-electron chi connectivity index (χ1n) is 8.58. The number of anilines is 1. The van der Waals surface area contributed by atoms with Crippen molar-refractivity contribution in [2.75, 3.05) is 31.6 Å². The van der Waals surface area contributed by atoms with Crippen LogP contribution in [0.3, 0.4) is 0 Å². The number of nitrogens with one attached hydrogen (secondary N) is 1. The summed E-state index contributed by atoms with van der Waals surface area (Å²) in [5.74, 6) is 1.46. The molecule has 1 N–H and O–H groups in total. The van der Waals surface area contributed by atoms with Crippen LogP contribution in [0.15, 0.2) is 22.6 Å². The molecule has 1 saturated heterocycles. The number of carbonyl (C=O) groups is 1. The van der Waals surface area contributed by atoms with Crippen molar-refractivity contribution < 1.29 is 13.9 Å². The standard InChI is InChI=1S/C18H24N4O3/c1-12(2)17-21-20-16(25-17)11-19-15-5-4-14(10-13(15)3)18(23)22-6-8-24-9-7-22/h4-5,10,12,19H,6-9,11H2,1-3H3. The van der Waals surface area contributed by atoms with Gasteiger partial charge in [-0.05, 0) is 30.7 Å². The van der Waals surface area contributed by atoms with Crippen LogP contribution in [0.4, 0.5) is 5.69 Å². The summed E-state index contributed by atoms with van der Waals surface area (Å²) in [4.78, 5) is 14.4. The lowest BCUT2D eigenvalue weighted by Gasteiger charge is -2.27. The molecule has 134 valence electrons. The van der Waals surface area contributed by atoms with Crippen LogP contribution >= 0.6 is 0 Å². The quantitative estimate of drug-likeness (QED) is 0.898. The largest absolute Gasteiger partial charge is 0.423 e. The van der Waals surface area contributed by atoms with Gasteiger partial charge in [0.25, 0.3) is 5.91 Å². The van der Waals surface area contributed by atoms with Crippen molar-refractivity contribution >= 4 is 11.6 Å². The molecule has 1 aliphatic heterocycles. The Kier molecular flexibility index (Phi) is 5.33. The van der Waals surface area contributed by atoms with Gasteiger partial charge >= 0.3 is 0 Å². The predicted octanol–water partition coefficient (Wildman–Crippen LogP) is 2.59. The summed E-state index contributed by atoms with van der Waals surface area (Å²) < 4.78 is 10.9. The van der Waals surface area contributed by atoms with Gasteiger partial charge in [0.2, 0.25) is 11.8 Å². The third kappa shape index (κ3) is 4.17. The zero-order chi connectivity index (χ0) is 17.8. The van der Waals surface area contributed by atoms with Crippen LogP contribution in [0.25, 0.3) is 0 Å². The summed E-state index contributed by atoms with van der Waals surface area (Å²) in [6.07, 6.45) is 0. The average molecular weight is 344 g/mol. The van der Waals surface area contributed by atoms with Crippen LogP contribution in [-0.2, 0) is 11.3 Å². The number of benzene rings is 1. The van der Waals surface area contributed by atoms with Crippen molar-refractivity contribution in [1.82, 2.24) is 15.1 Å². The van der Waals surface area contributed by atoms with Crippen molar-refractivity contribution in [3.8, 4) is 0 Å². The minimum absolute atomic E-state index is 0.0522. The summed E-state index contributed by atoms with van der Waals surface area (Å²) in [5, 5.41) is 11.3. The zero-order valence-electron chi connectivity index (χ0n) is 14.9. The Bertz CT molecular complexity index is 736. The first-order chi connectivity index (χ1) is 12.0. The second-order valence-electron chi connectivity index (χ2n) is 6.48. The smallest absolute Gasteiger partial charge is 0.254 e. The maximum Gasteiger partial charge on any atom is 0.254 e. The highest BCUT2D eigenvalue weighted by molar-refractivity contribution is 5.95. The predicted molar refractivity (Wildman–Crippen MR) is 93.6 cm³/mol. The first kappa shape index (κ1) is 17.4. The second-order valence-corrected chi connectivity index (χ2v) is 6.48. The summed E-state index contributed by atoms with van der Waals surface area (Å²) in [7, 11) is 0. The lowest BCUT2D eigenvalue weighted by atomic mass is 10.1. The van der Waals surface area contributed by atoms with E-state index >= 15 is 0 Å². The van der Waals surface area contributed by atoms with Crippen molar-refractivity contribution in [3.05, 3.63) is 41.1 Å². The van der Waals surface area contributed by atoms with Crippen molar-refractivity contribution in [2.24, 2.45) is 0 Å². The molecule has 0 unspecified atom stereocenters. The number of carbonyl (C=O) groups excluding carboxylic acids is 1. The zero-order valence-corrected chi connectivity index (χ0v) is 14.9. The normalized spacial score (nSPS) is 14.8. The molecule has 3 rings (SSSR count). The van der Waals surface area contributed by atoms with Crippen molar-refractivity contribution in [2.45, 2.75) is 33.2 Å². The molecule has 0 bridgehead atoms. The van der Waals surface area contributed by atoms with E-state index in [0.717, 1.165) is 11.3 Å². The van der Waals surface area contributed by atoms with Gasteiger partial charge in [-0.25, -0.2) is 0 Å². The highest BCUT2D eigenvalue weighted by Crippen LogP contribution is 2.19. The van der Waals surface area contributed by atoms with Crippen LogP contribution in [-0.4, -0.2) is 47.3 Å². The highest BCUT2D eigenvalue weighted by Gasteiger charge is 2.19. The van der Waals surface area contributed by atoms with Crippen molar-refractivity contribution in [1.29, 1.82) is 0 Å². The summed E-state index contributed by atoms with van der Waals surface area (Å²) in [6.45, 7) is 8.96. The van der Waals surface area contributed by atoms with E-state index < -0.39 is 0 Å². The van der Waals surface area contributed by atoms with E-state index in [1.807, 2.05) is 43.9 Å². The number of ether oxygens (including phenoxy) is 1. The van der Waals surface area contributed by atoms with E-state index in [0.29, 0.717) is 50.2 Å². The molecule has 2 aromatic rings. The van der Waals surface area contributed by atoms with E-state index in [4.69, 9.17) is 9.15 Å². The maximum absolute atomic E-state index is 12.5. The lowest BCUT2D eigenvalue weighted by molar-refractivity contribution is 0.0303. The molecule has 1 fully saturated rings. The average Bonchev–Trinajstić information content (AvgIpc) is 3.10. The fraction of sp³-hybridized carbons (Fsp3) is 0.500. The van der Waals surface area contributed by atoms with E-state index in [1.54, 1.807) is 0 Å². The van der Waals surface area contributed by atoms with Gasteiger partial charge in [0.1, 0.15) is 0 Å². The molecule has 0 saturated carbocycles. The van der Waals surface area contributed by atoms with Gasteiger partial charge in [-0.3, -0.25) is 4.79 Å². The Morgan fingerprint density at radius 2 is 2.04 bits per heavy atom. The van der Waals surface area contributed by atoms with Crippen molar-refractivity contribution in [3.63, 3.8) is 0 Å². The third-order valence-electron chi connectivity index (χ3n) is 4.18. The topological polar surface area (TPSA) is 80.5 Å². The lowest BCUT2D eigenvalue weighted by Crippen LogP contribution is -2.40. The molecule has 0 atom stereocenters. The van der Waals surface area contributed by atoms with Gasteiger partial charge in [-0.2, -0.15) is 0 Å². The molecule has 7 heteroatoms. The molecule has 7 nitrogen and oxygen atoms in total.